The fraction of sp³-hybridized carbons (Fsp3) is 0.611. The van der Waals surface area contributed by atoms with Crippen LogP contribution in [-0.2, 0) is 4.74 Å². The van der Waals surface area contributed by atoms with Gasteiger partial charge in [0, 0.05) is 25.7 Å². The Labute approximate surface area is 173 Å². The monoisotopic (exact) mass is 478 g/mol. The SMILES string of the molecule is COc1cccc(OC(C)CN=C(N)NCCCN2CCOCC2)c1.I. The molecule has 3 N–H and O–H groups in total. The molecular formula is C18H31IN4O3. The molecule has 26 heavy (non-hydrogen) atoms. The van der Waals surface area contributed by atoms with Crippen LogP contribution in [-0.4, -0.2) is 70.0 Å². The van der Waals surface area contributed by atoms with Crippen LogP contribution < -0.4 is 20.5 Å². The van der Waals surface area contributed by atoms with Gasteiger partial charge in [0.15, 0.2) is 5.96 Å². The number of nitrogens with zero attached hydrogens (tertiary/aromatic N) is 2. The van der Waals surface area contributed by atoms with Crippen molar-refractivity contribution < 1.29 is 14.2 Å². The summed E-state index contributed by atoms with van der Waals surface area (Å²) in [6, 6.07) is 7.53. The zero-order chi connectivity index (χ0) is 17.9. The summed E-state index contributed by atoms with van der Waals surface area (Å²) < 4.78 is 16.3. The number of rotatable bonds is 9. The van der Waals surface area contributed by atoms with Crippen LogP contribution in [0.1, 0.15) is 13.3 Å². The molecule has 148 valence electrons. The van der Waals surface area contributed by atoms with E-state index in [2.05, 4.69) is 15.2 Å². The maximum absolute atomic E-state index is 5.91. The van der Waals surface area contributed by atoms with Crippen molar-refractivity contribution in [1.82, 2.24) is 10.2 Å². The Bertz CT molecular complexity index is 539. The fourth-order valence-electron chi connectivity index (χ4n) is 2.57. The van der Waals surface area contributed by atoms with E-state index in [1.165, 1.54) is 0 Å². The Morgan fingerprint density at radius 1 is 1.35 bits per heavy atom. The van der Waals surface area contributed by atoms with Gasteiger partial charge in [-0.15, -0.1) is 24.0 Å². The molecule has 0 bridgehead atoms. The lowest BCUT2D eigenvalue weighted by atomic mass is 10.3. The number of halogens is 1. The zero-order valence-electron chi connectivity index (χ0n) is 15.6. The van der Waals surface area contributed by atoms with Crippen LogP contribution in [0, 0.1) is 0 Å². The van der Waals surface area contributed by atoms with E-state index in [1.807, 2.05) is 31.2 Å². The predicted molar refractivity (Wildman–Crippen MR) is 115 cm³/mol. The van der Waals surface area contributed by atoms with E-state index in [9.17, 15) is 0 Å². The lowest BCUT2D eigenvalue weighted by molar-refractivity contribution is 0.0376. The first-order valence-corrected chi connectivity index (χ1v) is 8.82. The van der Waals surface area contributed by atoms with E-state index in [0.29, 0.717) is 12.5 Å². The van der Waals surface area contributed by atoms with E-state index in [-0.39, 0.29) is 30.1 Å². The molecule has 1 fully saturated rings. The highest BCUT2D eigenvalue weighted by Crippen LogP contribution is 2.19. The molecule has 1 aromatic rings. The molecule has 1 heterocycles. The molecule has 8 heteroatoms. The van der Waals surface area contributed by atoms with Crippen LogP contribution in [0.4, 0.5) is 0 Å². The molecule has 1 aromatic carbocycles. The van der Waals surface area contributed by atoms with Crippen LogP contribution >= 0.6 is 24.0 Å². The molecule has 0 aromatic heterocycles. The summed E-state index contributed by atoms with van der Waals surface area (Å²) in [7, 11) is 1.64. The second-order valence-corrected chi connectivity index (χ2v) is 6.07. The number of nitrogens with two attached hydrogens (primary N) is 1. The first kappa shape index (κ1) is 22.8. The van der Waals surface area contributed by atoms with E-state index in [1.54, 1.807) is 7.11 Å². The summed E-state index contributed by atoms with van der Waals surface area (Å²) in [4.78, 5) is 6.75. The van der Waals surface area contributed by atoms with Gasteiger partial charge in [0.05, 0.1) is 26.9 Å². The molecule has 1 aliphatic rings. The van der Waals surface area contributed by atoms with Crippen molar-refractivity contribution in [1.29, 1.82) is 0 Å². The summed E-state index contributed by atoms with van der Waals surface area (Å²) in [5.74, 6) is 2.00. The van der Waals surface area contributed by atoms with Gasteiger partial charge in [0.25, 0.3) is 0 Å². The van der Waals surface area contributed by atoms with Crippen LogP contribution in [0.5, 0.6) is 11.5 Å². The Balaban J connectivity index is 0.00000338. The average Bonchev–Trinajstić information content (AvgIpc) is 2.64. The molecule has 2 rings (SSSR count). The third kappa shape index (κ3) is 8.91. The average molecular weight is 478 g/mol. The van der Waals surface area contributed by atoms with Gasteiger partial charge in [0.2, 0.25) is 0 Å². The van der Waals surface area contributed by atoms with Gasteiger partial charge >= 0.3 is 0 Å². The molecule has 0 radical (unpaired) electrons. The number of aliphatic imine (C=N–C) groups is 1. The first-order valence-electron chi connectivity index (χ1n) is 8.82. The van der Waals surface area contributed by atoms with Crippen molar-refractivity contribution in [2.75, 3.05) is 53.0 Å². The number of morpholine rings is 1. The minimum Gasteiger partial charge on any atom is -0.497 e. The molecule has 1 saturated heterocycles. The lowest BCUT2D eigenvalue weighted by Gasteiger charge is -2.26. The van der Waals surface area contributed by atoms with Gasteiger partial charge in [-0.3, -0.25) is 4.90 Å². The van der Waals surface area contributed by atoms with E-state index < -0.39 is 0 Å². The van der Waals surface area contributed by atoms with Crippen molar-refractivity contribution in [2.45, 2.75) is 19.4 Å². The molecule has 1 unspecified atom stereocenters. The fourth-order valence-corrected chi connectivity index (χ4v) is 2.57. The molecule has 1 aliphatic heterocycles. The van der Waals surface area contributed by atoms with Crippen LogP contribution in [0.25, 0.3) is 0 Å². The Kier molecular flexibility index (Phi) is 11.4. The van der Waals surface area contributed by atoms with Crippen LogP contribution in [0.2, 0.25) is 0 Å². The molecule has 0 saturated carbocycles. The number of hydrogen-bond donors (Lipinski definition) is 2. The van der Waals surface area contributed by atoms with Crippen molar-refractivity contribution in [3.05, 3.63) is 24.3 Å². The second-order valence-electron chi connectivity index (χ2n) is 6.07. The largest absolute Gasteiger partial charge is 0.497 e. The molecule has 7 nitrogen and oxygen atoms in total. The second kappa shape index (κ2) is 13.0. The molecular weight excluding hydrogens is 447 g/mol. The summed E-state index contributed by atoms with van der Waals surface area (Å²) in [6.45, 7) is 8.04. The number of ether oxygens (including phenoxy) is 3. The number of guanidine groups is 1. The number of benzene rings is 1. The van der Waals surface area contributed by atoms with Gasteiger partial charge in [0.1, 0.15) is 17.6 Å². The standard InChI is InChI=1S/C18H30N4O3.HI/c1-15(25-17-6-3-5-16(13-17)23-2)14-21-18(19)20-7-4-8-22-9-11-24-12-10-22;/h3,5-6,13,15H,4,7-12,14H2,1-2H3,(H3,19,20,21);1H. The summed E-state index contributed by atoms with van der Waals surface area (Å²) in [5.41, 5.74) is 5.91. The smallest absolute Gasteiger partial charge is 0.188 e. The van der Waals surface area contributed by atoms with Crippen LogP contribution in [0.15, 0.2) is 29.3 Å². The predicted octanol–water partition coefficient (Wildman–Crippen LogP) is 1.71. The normalized spacial score (nSPS) is 16.5. The summed E-state index contributed by atoms with van der Waals surface area (Å²) in [5, 5.41) is 3.15. The van der Waals surface area contributed by atoms with Crippen molar-refractivity contribution in [3.8, 4) is 11.5 Å². The maximum atomic E-state index is 5.91. The van der Waals surface area contributed by atoms with Gasteiger partial charge < -0.3 is 25.3 Å². The van der Waals surface area contributed by atoms with Gasteiger partial charge in [-0.05, 0) is 32.0 Å². The summed E-state index contributed by atoms with van der Waals surface area (Å²) >= 11 is 0. The van der Waals surface area contributed by atoms with Gasteiger partial charge in [-0.1, -0.05) is 6.07 Å². The van der Waals surface area contributed by atoms with Gasteiger partial charge in [-0.25, -0.2) is 4.99 Å². The summed E-state index contributed by atoms with van der Waals surface area (Å²) in [6.07, 6.45) is 0.965. The zero-order valence-corrected chi connectivity index (χ0v) is 18.0. The molecule has 1 atom stereocenters. The number of hydrogen-bond acceptors (Lipinski definition) is 5. The van der Waals surface area contributed by atoms with E-state index in [0.717, 1.165) is 57.3 Å². The Morgan fingerprint density at radius 3 is 2.81 bits per heavy atom. The highest BCUT2D eigenvalue weighted by atomic mass is 127. The minimum atomic E-state index is -0.0687. The van der Waals surface area contributed by atoms with E-state index in [4.69, 9.17) is 19.9 Å². The highest BCUT2D eigenvalue weighted by Gasteiger charge is 2.09. The quantitative estimate of drug-likeness (QED) is 0.244. The highest BCUT2D eigenvalue weighted by molar-refractivity contribution is 14.0. The molecule has 0 aliphatic carbocycles. The lowest BCUT2D eigenvalue weighted by Crippen LogP contribution is -2.39. The molecule has 0 spiro atoms. The number of nitrogens with one attached hydrogen (secondary N) is 1. The Morgan fingerprint density at radius 2 is 2.08 bits per heavy atom. The third-order valence-corrected chi connectivity index (χ3v) is 3.96. The maximum Gasteiger partial charge on any atom is 0.188 e. The van der Waals surface area contributed by atoms with E-state index >= 15 is 0 Å². The third-order valence-electron chi connectivity index (χ3n) is 3.96. The number of methoxy groups -OCH3 is 1. The first-order chi connectivity index (χ1) is 12.2. The van der Waals surface area contributed by atoms with Crippen molar-refractivity contribution in [2.24, 2.45) is 10.7 Å². The van der Waals surface area contributed by atoms with Crippen LogP contribution in [0.3, 0.4) is 0 Å². The Hall–Kier alpha value is -1.26. The van der Waals surface area contributed by atoms with Crippen molar-refractivity contribution >= 4 is 29.9 Å². The van der Waals surface area contributed by atoms with Crippen molar-refractivity contribution in [3.63, 3.8) is 0 Å². The topological polar surface area (TPSA) is 81.3 Å². The minimum absolute atomic E-state index is 0. The van der Waals surface area contributed by atoms with Gasteiger partial charge in [-0.2, -0.15) is 0 Å². The molecule has 0 amide bonds.